The first-order valence-corrected chi connectivity index (χ1v) is 8.72. The molecule has 24 heavy (non-hydrogen) atoms. The smallest absolute Gasteiger partial charge is 0.321 e. The lowest BCUT2D eigenvalue weighted by Crippen LogP contribution is -2.52. The minimum absolute atomic E-state index is 0.0660. The molecule has 0 saturated carbocycles. The fourth-order valence-electron chi connectivity index (χ4n) is 3.37. The first-order valence-electron chi connectivity index (χ1n) is 8.72. The van der Waals surface area contributed by atoms with Crippen LogP contribution in [0.3, 0.4) is 0 Å². The van der Waals surface area contributed by atoms with Gasteiger partial charge in [0.2, 0.25) is 5.91 Å². The minimum atomic E-state index is -0.114. The van der Waals surface area contributed by atoms with Gasteiger partial charge in [-0.05, 0) is 32.0 Å². The van der Waals surface area contributed by atoms with Crippen LogP contribution in [0.15, 0.2) is 30.3 Å². The molecule has 2 fully saturated rings. The minimum Gasteiger partial charge on any atom is -0.340 e. The third-order valence-electron chi connectivity index (χ3n) is 4.90. The van der Waals surface area contributed by atoms with E-state index in [1.165, 1.54) is 0 Å². The summed E-state index contributed by atoms with van der Waals surface area (Å²) in [4.78, 5) is 31.1. The van der Waals surface area contributed by atoms with E-state index in [4.69, 9.17) is 0 Å². The van der Waals surface area contributed by atoms with Crippen molar-refractivity contribution in [1.82, 2.24) is 14.7 Å². The summed E-state index contributed by atoms with van der Waals surface area (Å²) in [6.45, 7) is 4.67. The molecule has 0 radical (unpaired) electrons. The summed E-state index contributed by atoms with van der Waals surface area (Å²) in [5, 5.41) is 2.91. The lowest BCUT2D eigenvalue weighted by Gasteiger charge is -2.38. The van der Waals surface area contributed by atoms with Gasteiger partial charge in [0.15, 0.2) is 0 Å². The van der Waals surface area contributed by atoms with Crippen molar-refractivity contribution in [2.45, 2.75) is 12.8 Å². The van der Waals surface area contributed by atoms with Gasteiger partial charge in [0, 0.05) is 45.0 Å². The van der Waals surface area contributed by atoms with Crippen LogP contribution in [0.5, 0.6) is 0 Å². The summed E-state index contributed by atoms with van der Waals surface area (Å²) in [7, 11) is 2.08. The number of piperazine rings is 1. The van der Waals surface area contributed by atoms with Crippen molar-refractivity contribution >= 4 is 17.6 Å². The molecule has 6 heteroatoms. The van der Waals surface area contributed by atoms with Gasteiger partial charge in [-0.1, -0.05) is 18.2 Å². The molecule has 1 aromatic rings. The molecule has 6 nitrogen and oxygen atoms in total. The van der Waals surface area contributed by atoms with Gasteiger partial charge in [-0.15, -0.1) is 0 Å². The van der Waals surface area contributed by atoms with Gasteiger partial charge in [-0.25, -0.2) is 4.79 Å². The van der Waals surface area contributed by atoms with E-state index in [0.29, 0.717) is 13.1 Å². The van der Waals surface area contributed by atoms with Crippen LogP contribution < -0.4 is 5.32 Å². The number of benzene rings is 1. The average Bonchev–Trinajstić information content (AvgIpc) is 2.63. The second kappa shape index (κ2) is 7.66. The molecular formula is C18H26N4O2. The Kier molecular flexibility index (Phi) is 5.35. The van der Waals surface area contributed by atoms with E-state index in [-0.39, 0.29) is 17.9 Å². The van der Waals surface area contributed by atoms with E-state index < -0.39 is 0 Å². The average molecular weight is 330 g/mol. The summed E-state index contributed by atoms with van der Waals surface area (Å²) in [5.74, 6) is 0.143. The Balaban J connectivity index is 1.55. The number of hydrogen-bond donors (Lipinski definition) is 1. The third kappa shape index (κ3) is 4.06. The van der Waals surface area contributed by atoms with E-state index in [0.717, 1.165) is 44.7 Å². The maximum absolute atomic E-state index is 12.7. The molecule has 1 atom stereocenters. The first kappa shape index (κ1) is 16.8. The Morgan fingerprint density at radius 2 is 1.71 bits per heavy atom. The molecule has 1 N–H and O–H groups in total. The predicted molar refractivity (Wildman–Crippen MR) is 93.8 cm³/mol. The van der Waals surface area contributed by atoms with Gasteiger partial charge >= 0.3 is 6.03 Å². The normalized spacial score (nSPS) is 22.3. The number of likely N-dealkylation sites (tertiary alicyclic amines) is 1. The number of hydrogen-bond acceptors (Lipinski definition) is 3. The zero-order valence-electron chi connectivity index (χ0n) is 14.3. The second-order valence-electron chi connectivity index (χ2n) is 6.71. The van der Waals surface area contributed by atoms with E-state index in [1.807, 2.05) is 35.2 Å². The van der Waals surface area contributed by atoms with Crippen molar-refractivity contribution in [2.75, 3.05) is 51.6 Å². The van der Waals surface area contributed by atoms with Crippen LogP contribution in [0, 0.1) is 5.92 Å². The van der Waals surface area contributed by atoms with Gasteiger partial charge in [-0.3, -0.25) is 4.79 Å². The van der Waals surface area contributed by atoms with Crippen LogP contribution in [-0.2, 0) is 4.79 Å². The van der Waals surface area contributed by atoms with Gasteiger partial charge in [0.1, 0.15) is 0 Å². The van der Waals surface area contributed by atoms with E-state index >= 15 is 0 Å². The standard InChI is InChI=1S/C18H26N4O2/c1-20-10-12-21(13-11-20)17(23)15-6-5-9-22(14-15)18(24)19-16-7-3-2-4-8-16/h2-4,7-8,15H,5-6,9-14H2,1H3,(H,19,24). The van der Waals surface area contributed by atoms with E-state index in [9.17, 15) is 9.59 Å². The number of amides is 3. The number of urea groups is 1. The molecule has 130 valence electrons. The van der Waals surface area contributed by atoms with Crippen molar-refractivity contribution in [1.29, 1.82) is 0 Å². The van der Waals surface area contributed by atoms with Crippen LogP contribution in [0.1, 0.15) is 12.8 Å². The molecule has 1 aromatic carbocycles. The highest BCUT2D eigenvalue weighted by Gasteiger charge is 2.32. The van der Waals surface area contributed by atoms with Crippen molar-refractivity contribution in [3.05, 3.63) is 30.3 Å². The van der Waals surface area contributed by atoms with Crippen LogP contribution in [0.4, 0.5) is 10.5 Å². The molecular weight excluding hydrogens is 304 g/mol. The Morgan fingerprint density at radius 1 is 1.00 bits per heavy atom. The molecule has 2 heterocycles. The number of nitrogens with zero attached hydrogens (tertiary/aromatic N) is 3. The second-order valence-corrected chi connectivity index (χ2v) is 6.71. The van der Waals surface area contributed by atoms with Gasteiger partial charge < -0.3 is 20.0 Å². The quantitative estimate of drug-likeness (QED) is 0.898. The maximum Gasteiger partial charge on any atom is 0.321 e. The van der Waals surface area contributed by atoms with Gasteiger partial charge in [0.05, 0.1) is 5.92 Å². The fourth-order valence-corrected chi connectivity index (χ4v) is 3.37. The number of para-hydroxylation sites is 1. The topological polar surface area (TPSA) is 55.9 Å². The molecule has 0 aliphatic carbocycles. The Bertz CT molecular complexity index is 570. The zero-order chi connectivity index (χ0) is 16.9. The van der Waals surface area contributed by atoms with Gasteiger partial charge in [0.25, 0.3) is 0 Å². The van der Waals surface area contributed by atoms with Crippen LogP contribution in [0.2, 0.25) is 0 Å². The fraction of sp³-hybridized carbons (Fsp3) is 0.556. The molecule has 3 amide bonds. The number of likely N-dealkylation sites (N-methyl/N-ethyl adjacent to an activating group) is 1. The largest absolute Gasteiger partial charge is 0.340 e. The predicted octanol–water partition coefficient (Wildman–Crippen LogP) is 1.70. The summed E-state index contributed by atoms with van der Waals surface area (Å²) in [5.41, 5.74) is 0.787. The summed E-state index contributed by atoms with van der Waals surface area (Å²) < 4.78 is 0. The van der Waals surface area contributed by atoms with Gasteiger partial charge in [-0.2, -0.15) is 0 Å². The lowest BCUT2D eigenvalue weighted by atomic mass is 9.96. The monoisotopic (exact) mass is 330 g/mol. The Morgan fingerprint density at radius 3 is 2.42 bits per heavy atom. The summed E-state index contributed by atoms with van der Waals surface area (Å²) in [6, 6.07) is 9.33. The number of piperidine rings is 1. The summed E-state index contributed by atoms with van der Waals surface area (Å²) in [6.07, 6.45) is 1.76. The molecule has 3 rings (SSSR count). The molecule has 1 unspecified atom stereocenters. The van der Waals surface area contributed by atoms with Crippen molar-refractivity contribution < 1.29 is 9.59 Å². The number of carbonyl (C=O) groups is 2. The molecule has 0 spiro atoms. The number of carbonyl (C=O) groups excluding carboxylic acids is 2. The number of nitrogens with one attached hydrogen (secondary N) is 1. The first-order chi connectivity index (χ1) is 11.6. The Hall–Kier alpha value is -2.08. The molecule has 2 saturated heterocycles. The van der Waals surface area contributed by atoms with Crippen LogP contribution >= 0.6 is 0 Å². The summed E-state index contributed by atoms with van der Waals surface area (Å²) >= 11 is 0. The van der Waals surface area contributed by atoms with E-state index in [2.05, 4.69) is 17.3 Å². The molecule has 0 aromatic heterocycles. The van der Waals surface area contributed by atoms with Crippen molar-refractivity contribution in [3.8, 4) is 0 Å². The molecule has 0 bridgehead atoms. The van der Waals surface area contributed by atoms with Crippen LogP contribution in [-0.4, -0.2) is 73.0 Å². The van der Waals surface area contributed by atoms with Crippen LogP contribution in [0.25, 0.3) is 0 Å². The van der Waals surface area contributed by atoms with E-state index in [1.54, 1.807) is 4.90 Å². The Labute approximate surface area is 143 Å². The number of anilines is 1. The maximum atomic E-state index is 12.7. The molecule has 2 aliphatic rings. The highest BCUT2D eigenvalue weighted by atomic mass is 16.2. The SMILES string of the molecule is CN1CCN(C(=O)C2CCCN(C(=O)Nc3ccccc3)C2)CC1. The number of rotatable bonds is 2. The third-order valence-corrected chi connectivity index (χ3v) is 4.90. The van der Waals surface area contributed by atoms with Crippen molar-refractivity contribution in [2.24, 2.45) is 5.92 Å². The zero-order valence-corrected chi connectivity index (χ0v) is 14.3. The van der Waals surface area contributed by atoms with Crippen molar-refractivity contribution in [3.63, 3.8) is 0 Å². The highest BCUT2D eigenvalue weighted by molar-refractivity contribution is 5.90. The highest BCUT2D eigenvalue weighted by Crippen LogP contribution is 2.20. The lowest BCUT2D eigenvalue weighted by molar-refractivity contribution is -0.138. The molecule has 2 aliphatic heterocycles.